The van der Waals surface area contributed by atoms with Crippen LogP contribution in [0.15, 0.2) is 215 Å². The maximum absolute atomic E-state index is 7.17. The van der Waals surface area contributed by atoms with E-state index in [0.717, 1.165) is 78.3 Å². The van der Waals surface area contributed by atoms with E-state index in [0.29, 0.717) is 0 Å². The first-order valence-electron chi connectivity index (χ1n) is 31.2. The largest absolute Gasteiger partial charge is 0.464 e. The summed E-state index contributed by atoms with van der Waals surface area (Å²) in [6, 6.07) is 76.1. The van der Waals surface area contributed by atoms with Gasteiger partial charge in [-0.2, -0.15) is 0 Å². The van der Waals surface area contributed by atoms with Crippen molar-refractivity contribution in [3.05, 3.63) is 240 Å². The van der Waals surface area contributed by atoms with Crippen LogP contribution in [0.25, 0.3) is 66.3 Å². The Bertz CT molecular complexity index is 4690. The number of nitrogens with zero attached hydrogens (tertiary/aromatic N) is 3. The standard InChI is InChI=1S/C81H76BN3O2/c1-77(2,3)51-24-31-55(32-25-51)83(56-33-26-52(27-34-56)78(4,5)6)58-37-39-71-62(44-58)63-45-61-65-46-64-59-22-18-19-23-66(59)81(13,14)74(64)76-75(65)82(85(69(61)48-73(63)87-71)57-35-28-53(29-36-57)79(7,8)9)67-47-72-50(40-41-86-72)42-70(67)84(76)68-38-30-54(80(10,11)12)43-60(68)49-20-16-15-17-21-49/h15-48H,1-14H3. The molecule has 10 aromatic carbocycles. The zero-order valence-corrected chi connectivity index (χ0v) is 52.9. The van der Waals surface area contributed by atoms with E-state index in [1.54, 1.807) is 0 Å². The average molecular weight is 1130 g/mol. The molecule has 6 heteroatoms. The topological polar surface area (TPSA) is 36.0 Å². The Morgan fingerprint density at radius 3 is 1.66 bits per heavy atom. The van der Waals surface area contributed by atoms with Crippen LogP contribution in [-0.2, 0) is 27.1 Å². The van der Waals surface area contributed by atoms with Gasteiger partial charge >= 0.3 is 6.85 Å². The fourth-order valence-corrected chi connectivity index (χ4v) is 14.5. The number of fused-ring (bicyclic) bond motifs is 12. The molecule has 87 heavy (non-hydrogen) atoms. The van der Waals surface area contributed by atoms with Crippen molar-refractivity contribution >= 4 is 96.2 Å². The van der Waals surface area contributed by atoms with Crippen LogP contribution >= 0.6 is 0 Å². The fourth-order valence-electron chi connectivity index (χ4n) is 14.5. The zero-order chi connectivity index (χ0) is 60.4. The molecule has 3 aliphatic rings. The molecule has 4 heterocycles. The molecule has 0 spiro atoms. The minimum Gasteiger partial charge on any atom is -0.464 e. The smallest absolute Gasteiger partial charge is 0.333 e. The van der Waals surface area contributed by atoms with Crippen LogP contribution in [0, 0.1) is 0 Å². The summed E-state index contributed by atoms with van der Waals surface area (Å²) in [7, 11) is 0. The molecule has 0 saturated heterocycles. The van der Waals surface area contributed by atoms with E-state index in [-0.39, 0.29) is 33.9 Å². The molecule has 0 atom stereocenters. The van der Waals surface area contributed by atoms with Gasteiger partial charge in [0.05, 0.1) is 12.0 Å². The molecule has 430 valence electrons. The van der Waals surface area contributed by atoms with Crippen molar-refractivity contribution in [2.24, 2.45) is 0 Å². The van der Waals surface area contributed by atoms with Crippen LogP contribution in [-0.4, -0.2) is 6.85 Å². The minimum atomic E-state index is -0.374. The number of hydrogen-bond donors (Lipinski definition) is 0. The van der Waals surface area contributed by atoms with Crippen LogP contribution in [0.4, 0.5) is 45.5 Å². The van der Waals surface area contributed by atoms with E-state index in [1.165, 1.54) is 77.8 Å². The third-order valence-electron chi connectivity index (χ3n) is 19.3. The van der Waals surface area contributed by atoms with Gasteiger partial charge in [-0.15, -0.1) is 0 Å². The van der Waals surface area contributed by atoms with E-state index in [1.807, 2.05) is 6.26 Å². The Labute approximate surface area is 514 Å². The second kappa shape index (κ2) is 19.0. The van der Waals surface area contributed by atoms with E-state index in [9.17, 15) is 0 Å². The Morgan fingerprint density at radius 2 is 1.01 bits per heavy atom. The first-order chi connectivity index (χ1) is 41.4. The molecule has 2 aromatic heterocycles. The SMILES string of the molecule is CC(C)(C)c1ccc(N2B3c4cc5occc5cc4N(c4ccc(C(C)(C)C)cc4-c4ccccc4)c4c3c(cc3c4C(C)(C)c4ccccc4-3)-c3cc4c(cc32)oc2ccc(N(c3ccc(C(C)(C)C)cc3)c3ccc(C(C)(C)C)cc3)cc24)cc1. The number of benzene rings is 10. The quantitative estimate of drug-likeness (QED) is 0.155. The highest BCUT2D eigenvalue weighted by atomic mass is 16.3. The van der Waals surface area contributed by atoms with Crippen LogP contribution in [0.3, 0.4) is 0 Å². The summed E-state index contributed by atoms with van der Waals surface area (Å²) in [5, 5.41) is 3.20. The lowest BCUT2D eigenvalue weighted by Crippen LogP contribution is -2.62. The van der Waals surface area contributed by atoms with Gasteiger partial charge in [0.2, 0.25) is 0 Å². The van der Waals surface area contributed by atoms with E-state index < -0.39 is 0 Å². The third kappa shape index (κ3) is 8.63. The minimum absolute atomic E-state index is 0.0188. The molecule has 0 radical (unpaired) electrons. The first kappa shape index (κ1) is 54.6. The summed E-state index contributed by atoms with van der Waals surface area (Å²) in [5.74, 6) is 0. The lowest BCUT2D eigenvalue weighted by molar-refractivity contribution is 0.590. The molecule has 2 aliphatic heterocycles. The summed E-state index contributed by atoms with van der Waals surface area (Å²) in [6.45, 7) is 32.2. The van der Waals surface area contributed by atoms with Gasteiger partial charge in [-0.25, -0.2) is 0 Å². The number of furan rings is 2. The van der Waals surface area contributed by atoms with Gasteiger partial charge in [0.25, 0.3) is 0 Å². The molecule has 0 fully saturated rings. The lowest BCUT2D eigenvalue weighted by Gasteiger charge is -2.47. The summed E-state index contributed by atoms with van der Waals surface area (Å²) < 4.78 is 13.6. The Morgan fingerprint density at radius 1 is 0.425 bits per heavy atom. The van der Waals surface area contributed by atoms with Crippen molar-refractivity contribution in [3.8, 4) is 33.4 Å². The molecule has 12 aromatic rings. The number of rotatable bonds is 6. The first-order valence-corrected chi connectivity index (χ1v) is 31.2. The van der Waals surface area contributed by atoms with Crippen molar-refractivity contribution in [1.82, 2.24) is 0 Å². The van der Waals surface area contributed by atoms with Crippen LogP contribution in [0.5, 0.6) is 0 Å². The Hall–Kier alpha value is -9.00. The van der Waals surface area contributed by atoms with Crippen LogP contribution in [0.1, 0.15) is 130 Å². The number of hydrogen-bond acceptors (Lipinski definition) is 5. The monoisotopic (exact) mass is 1130 g/mol. The zero-order valence-electron chi connectivity index (χ0n) is 52.9. The van der Waals surface area contributed by atoms with Crippen molar-refractivity contribution in [2.45, 2.75) is 124 Å². The second-order valence-corrected chi connectivity index (χ2v) is 29.5. The third-order valence-corrected chi connectivity index (χ3v) is 19.3. The van der Waals surface area contributed by atoms with Crippen molar-refractivity contribution < 1.29 is 8.83 Å². The molecular weight excluding hydrogens is 1060 g/mol. The Balaban J connectivity index is 1.05. The highest BCUT2D eigenvalue weighted by molar-refractivity contribution is 6.94. The van der Waals surface area contributed by atoms with E-state index in [2.05, 4.69) is 312 Å². The van der Waals surface area contributed by atoms with Crippen LogP contribution < -0.4 is 25.5 Å². The summed E-state index contributed by atoms with van der Waals surface area (Å²) >= 11 is 0. The molecular formula is C81H76BN3O2. The molecule has 1 aliphatic carbocycles. The molecule has 0 amide bonds. The normalized spacial score (nSPS) is 14.3. The summed E-state index contributed by atoms with van der Waals surface area (Å²) in [4.78, 5) is 7.70. The lowest BCUT2D eigenvalue weighted by atomic mass is 9.42. The predicted molar refractivity (Wildman–Crippen MR) is 370 cm³/mol. The highest BCUT2D eigenvalue weighted by Gasteiger charge is 2.51. The van der Waals surface area contributed by atoms with Gasteiger partial charge in [0, 0.05) is 78.6 Å². The molecule has 15 rings (SSSR count). The summed E-state index contributed by atoms with van der Waals surface area (Å²) in [6.07, 6.45) is 1.84. The van der Waals surface area contributed by atoms with Gasteiger partial charge in [-0.3, -0.25) is 0 Å². The summed E-state index contributed by atoms with van der Waals surface area (Å²) in [5.41, 5.74) is 28.6. The molecule has 5 nitrogen and oxygen atoms in total. The van der Waals surface area contributed by atoms with Gasteiger partial charge in [-0.1, -0.05) is 194 Å². The maximum Gasteiger partial charge on any atom is 0.333 e. The molecule has 0 N–H and O–H groups in total. The number of anilines is 8. The predicted octanol–water partition coefficient (Wildman–Crippen LogP) is 21.7. The molecule has 0 unspecified atom stereocenters. The van der Waals surface area contributed by atoms with Gasteiger partial charge in [0.1, 0.15) is 16.7 Å². The average Bonchev–Trinajstić information content (AvgIpc) is 1.64. The molecule has 0 saturated carbocycles. The van der Waals surface area contributed by atoms with Crippen molar-refractivity contribution in [1.29, 1.82) is 0 Å². The molecule has 0 bridgehead atoms. The fraction of sp³-hybridized carbons (Fsp3) is 0.235. The van der Waals surface area contributed by atoms with Crippen LogP contribution in [0.2, 0.25) is 0 Å². The van der Waals surface area contributed by atoms with Crippen molar-refractivity contribution in [3.63, 3.8) is 0 Å². The Kier molecular flexibility index (Phi) is 11.9. The maximum atomic E-state index is 7.17. The highest BCUT2D eigenvalue weighted by Crippen LogP contribution is 2.59. The van der Waals surface area contributed by atoms with Gasteiger partial charge in [0.15, 0.2) is 0 Å². The van der Waals surface area contributed by atoms with Gasteiger partial charge in [-0.05, 0) is 185 Å². The van der Waals surface area contributed by atoms with Gasteiger partial charge < -0.3 is 23.4 Å². The second-order valence-electron chi connectivity index (χ2n) is 29.5. The van der Waals surface area contributed by atoms with E-state index >= 15 is 0 Å². The van der Waals surface area contributed by atoms with Crippen molar-refractivity contribution in [2.75, 3.05) is 14.6 Å². The van der Waals surface area contributed by atoms with E-state index in [4.69, 9.17) is 8.83 Å².